The van der Waals surface area contributed by atoms with Gasteiger partial charge in [0.05, 0.1) is 18.8 Å². The van der Waals surface area contributed by atoms with Crippen molar-refractivity contribution >= 4 is 5.91 Å². The van der Waals surface area contributed by atoms with Crippen molar-refractivity contribution in [3.05, 3.63) is 24.3 Å². The molecule has 4 nitrogen and oxygen atoms in total. The molecular weight excluding hydrogens is 723 g/mol. The Hall–Kier alpha value is -1.13. The highest BCUT2D eigenvalue weighted by Gasteiger charge is 2.18. The van der Waals surface area contributed by atoms with Gasteiger partial charge in [-0.15, -0.1) is 0 Å². The lowest BCUT2D eigenvalue weighted by molar-refractivity contribution is -0.123. The summed E-state index contributed by atoms with van der Waals surface area (Å²) < 4.78 is 0. The molecule has 0 fully saturated rings. The van der Waals surface area contributed by atoms with Gasteiger partial charge in [-0.05, 0) is 32.1 Å². The normalized spacial score (nSPS) is 12.9. The molecule has 0 aromatic carbocycles. The van der Waals surface area contributed by atoms with E-state index in [9.17, 15) is 15.0 Å². The molecule has 0 aliphatic heterocycles. The van der Waals surface area contributed by atoms with Crippen molar-refractivity contribution in [2.24, 2.45) is 0 Å². The van der Waals surface area contributed by atoms with Crippen molar-refractivity contribution in [3.63, 3.8) is 0 Å². The van der Waals surface area contributed by atoms with Gasteiger partial charge in [0, 0.05) is 6.42 Å². The van der Waals surface area contributed by atoms with E-state index < -0.39 is 12.1 Å². The molecule has 0 saturated carbocycles. The lowest BCUT2D eigenvalue weighted by Crippen LogP contribution is -2.45. The maximum absolute atomic E-state index is 12.4. The molecule has 4 heteroatoms. The number of carbonyl (C=O) groups excluding carboxylic acids is 1. The third-order valence-corrected chi connectivity index (χ3v) is 12.7. The topological polar surface area (TPSA) is 69.6 Å². The van der Waals surface area contributed by atoms with Crippen molar-refractivity contribution in [2.75, 3.05) is 6.61 Å². The predicted octanol–water partition coefficient (Wildman–Crippen LogP) is 17.5. The summed E-state index contributed by atoms with van der Waals surface area (Å²) in [5.41, 5.74) is 0. The zero-order valence-electron chi connectivity index (χ0n) is 40.3. The number of unbranched alkanes of at least 4 members (excludes halogenated alkanes) is 41. The third-order valence-electron chi connectivity index (χ3n) is 12.7. The van der Waals surface area contributed by atoms with Crippen LogP contribution < -0.4 is 5.32 Å². The van der Waals surface area contributed by atoms with Gasteiger partial charge in [-0.2, -0.15) is 0 Å². The minimum atomic E-state index is -0.859. The molecule has 0 bridgehead atoms. The first-order chi connectivity index (χ1) is 29.2. The Morgan fingerprint density at radius 2 is 0.661 bits per heavy atom. The molecule has 350 valence electrons. The summed E-state index contributed by atoms with van der Waals surface area (Å²) in [6, 6.07) is -0.635. The predicted molar refractivity (Wildman–Crippen MR) is 262 cm³/mol. The van der Waals surface area contributed by atoms with E-state index in [-0.39, 0.29) is 12.5 Å². The molecule has 0 saturated heterocycles. The van der Waals surface area contributed by atoms with Gasteiger partial charge in [0.25, 0.3) is 0 Å². The first kappa shape index (κ1) is 57.9. The van der Waals surface area contributed by atoms with Crippen LogP contribution in [0.1, 0.15) is 303 Å². The maximum atomic E-state index is 12.4. The van der Waals surface area contributed by atoms with Crippen molar-refractivity contribution in [1.29, 1.82) is 0 Å². The Morgan fingerprint density at radius 3 is 0.983 bits per heavy atom. The van der Waals surface area contributed by atoms with Crippen LogP contribution in [-0.4, -0.2) is 34.9 Å². The Labute approximate surface area is 370 Å². The fourth-order valence-corrected chi connectivity index (χ4v) is 8.55. The molecule has 0 rings (SSSR count). The zero-order chi connectivity index (χ0) is 42.8. The van der Waals surface area contributed by atoms with Crippen LogP contribution in [-0.2, 0) is 4.79 Å². The number of nitrogens with one attached hydrogen (secondary N) is 1. The second kappa shape index (κ2) is 51.2. The Balaban J connectivity index is 3.49. The monoisotopic (exact) mass is 830 g/mol. The van der Waals surface area contributed by atoms with Gasteiger partial charge in [-0.3, -0.25) is 4.79 Å². The van der Waals surface area contributed by atoms with Crippen molar-refractivity contribution in [2.45, 2.75) is 315 Å². The van der Waals surface area contributed by atoms with Crippen LogP contribution in [0, 0.1) is 0 Å². The fraction of sp³-hybridized carbons (Fsp3) is 0.909. The maximum Gasteiger partial charge on any atom is 0.220 e. The molecule has 0 aromatic rings. The number of aliphatic hydroxyl groups excluding tert-OH is 2. The summed E-state index contributed by atoms with van der Waals surface area (Å²) in [5.74, 6) is -0.0684. The molecular formula is C55H107NO3. The van der Waals surface area contributed by atoms with Gasteiger partial charge in [-0.25, -0.2) is 0 Å². The van der Waals surface area contributed by atoms with Crippen LogP contribution in [0.5, 0.6) is 0 Å². The highest BCUT2D eigenvalue weighted by molar-refractivity contribution is 5.76. The van der Waals surface area contributed by atoms with Gasteiger partial charge < -0.3 is 15.5 Å². The first-order valence-corrected chi connectivity index (χ1v) is 27.1. The molecule has 0 aliphatic carbocycles. The number of rotatable bonds is 50. The largest absolute Gasteiger partial charge is 0.394 e. The lowest BCUT2D eigenvalue weighted by Gasteiger charge is -2.19. The summed E-state index contributed by atoms with van der Waals surface area (Å²) in [7, 11) is 0. The summed E-state index contributed by atoms with van der Waals surface area (Å²) in [6.45, 7) is 4.33. The van der Waals surface area contributed by atoms with Gasteiger partial charge >= 0.3 is 0 Å². The number of amides is 1. The number of hydrogen-bond donors (Lipinski definition) is 3. The second-order valence-corrected chi connectivity index (χ2v) is 18.7. The third kappa shape index (κ3) is 47.8. The van der Waals surface area contributed by atoms with Crippen molar-refractivity contribution < 1.29 is 15.0 Å². The Bertz CT molecular complexity index is 855. The van der Waals surface area contributed by atoms with Gasteiger partial charge in [0.15, 0.2) is 0 Å². The van der Waals surface area contributed by atoms with E-state index in [1.807, 2.05) is 6.08 Å². The van der Waals surface area contributed by atoms with E-state index in [1.165, 1.54) is 250 Å². The van der Waals surface area contributed by atoms with Crippen LogP contribution in [0.2, 0.25) is 0 Å². The lowest BCUT2D eigenvalue weighted by atomic mass is 10.0. The first-order valence-electron chi connectivity index (χ1n) is 27.1. The van der Waals surface area contributed by atoms with E-state index >= 15 is 0 Å². The van der Waals surface area contributed by atoms with E-state index in [2.05, 4.69) is 31.3 Å². The second-order valence-electron chi connectivity index (χ2n) is 18.7. The van der Waals surface area contributed by atoms with Gasteiger partial charge in [-0.1, -0.05) is 289 Å². The van der Waals surface area contributed by atoms with Crippen LogP contribution in [0.3, 0.4) is 0 Å². The Kier molecular flexibility index (Phi) is 50.2. The smallest absolute Gasteiger partial charge is 0.220 e. The molecule has 3 N–H and O–H groups in total. The molecule has 1 amide bonds. The molecule has 2 unspecified atom stereocenters. The van der Waals surface area contributed by atoms with E-state index in [0.717, 1.165) is 32.1 Å². The summed E-state index contributed by atoms with van der Waals surface area (Å²) >= 11 is 0. The average molecular weight is 830 g/mol. The van der Waals surface area contributed by atoms with Gasteiger partial charge in [0.1, 0.15) is 0 Å². The molecule has 2 atom stereocenters. The minimum absolute atomic E-state index is 0.0684. The molecule has 0 aliphatic rings. The standard InChI is InChI=1S/C55H107NO3/c1-3-5-7-9-11-13-15-17-19-21-22-23-24-25-26-27-28-29-30-31-32-33-35-36-38-40-42-44-46-48-50-54(58)53(52-57)56-55(59)51-49-47-45-43-41-39-37-34-20-18-16-14-12-10-8-6-4-2/h40,42,48,50,53-54,57-58H,3-39,41,43-47,49,51-52H2,1-2H3,(H,56,59)/b42-40+,50-48+. The summed E-state index contributed by atoms with van der Waals surface area (Å²) in [4.78, 5) is 12.4. The quantitative estimate of drug-likeness (QED) is 0.0422. The number of carbonyl (C=O) groups is 1. The molecule has 59 heavy (non-hydrogen) atoms. The summed E-state index contributed by atoms with van der Waals surface area (Å²) in [5, 5.41) is 23.1. The average Bonchev–Trinajstić information content (AvgIpc) is 3.24. The molecule has 0 heterocycles. The van der Waals surface area contributed by atoms with Crippen LogP contribution >= 0.6 is 0 Å². The van der Waals surface area contributed by atoms with Crippen LogP contribution in [0.4, 0.5) is 0 Å². The van der Waals surface area contributed by atoms with Crippen LogP contribution in [0.15, 0.2) is 24.3 Å². The van der Waals surface area contributed by atoms with E-state index in [1.54, 1.807) is 6.08 Å². The highest BCUT2D eigenvalue weighted by atomic mass is 16.3. The number of allylic oxidation sites excluding steroid dienone is 3. The fourth-order valence-electron chi connectivity index (χ4n) is 8.55. The molecule has 0 spiro atoms. The minimum Gasteiger partial charge on any atom is -0.394 e. The highest BCUT2D eigenvalue weighted by Crippen LogP contribution is 2.17. The molecule has 0 radical (unpaired) electrons. The Morgan fingerprint density at radius 1 is 0.390 bits per heavy atom. The van der Waals surface area contributed by atoms with Crippen molar-refractivity contribution in [3.8, 4) is 0 Å². The number of aliphatic hydroxyl groups is 2. The molecule has 0 aromatic heterocycles. The summed E-state index contributed by atoms with van der Waals surface area (Å²) in [6.07, 6.45) is 67.7. The van der Waals surface area contributed by atoms with E-state index in [4.69, 9.17) is 0 Å². The zero-order valence-corrected chi connectivity index (χ0v) is 40.3. The van der Waals surface area contributed by atoms with Crippen molar-refractivity contribution in [1.82, 2.24) is 5.32 Å². The van der Waals surface area contributed by atoms with Crippen LogP contribution in [0.25, 0.3) is 0 Å². The SMILES string of the molecule is CCCCCCCCCCCCCCCCCCCCCCCCCC/C=C/CC/C=C/C(O)C(CO)NC(=O)CCCCCCCCCCCCCCCCCCC. The van der Waals surface area contributed by atoms with E-state index in [0.29, 0.717) is 6.42 Å². The van der Waals surface area contributed by atoms with Gasteiger partial charge in [0.2, 0.25) is 5.91 Å². The number of hydrogen-bond acceptors (Lipinski definition) is 3.